The molecular weight excluding hydrogens is 357 g/mol. The molecule has 4 nitrogen and oxygen atoms in total. The molecule has 25 heavy (non-hydrogen) atoms. The van der Waals surface area contributed by atoms with Gasteiger partial charge >= 0.3 is 0 Å². The number of carbonyl (C=O) groups excluding carboxylic acids is 1. The van der Waals surface area contributed by atoms with Gasteiger partial charge in [-0.15, -0.1) is 24.8 Å². The van der Waals surface area contributed by atoms with Crippen LogP contribution in [0.1, 0.15) is 35.3 Å². The monoisotopic (exact) mass is 381 g/mol. The third-order valence-corrected chi connectivity index (χ3v) is 4.68. The van der Waals surface area contributed by atoms with Gasteiger partial charge in [-0.3, -0.25) is 9.78 Å². The molecule has 1 fully saturated rings. The fourth-order valence-electron chi connectivity index (χ4n) is 3.33. The lowest BCUT2D eigenvalue weighted by Gasteiger charge is -2.20. The first-order valence-corrected chi connectivity index (χ1v) is 8.23. The Hall–Kier alpha value is -1.62. The van der Waals surface area contributed by atoms with Crippen molar-refractivity contribution in [1.82, 2.24) is 10.3 Å². The number of nitrogens with zero attached hydrogens (tertiary/aromatic N) is 1. The minimum atomic E-state index is -0.0417. The van der Waals surface area contributed by atoms with E-state index in [1.54, 1.807) is 0 Å². The highest BCUT2D eigenvalue weighted by molar-refractivity contribution is 5.95. The molecule has 0 spiro atoms. The molecule has 0 bridgehead atoms. The van der Waals surface area contributed by atoms with Gasteiger partial charge in [0.2, 0.25) is 0 Å². The molecule has 0 saturated heterocycles. The second kappa shape index (κ2) is 9.76. The van der Waals surface area contributed by atoms with Gasteiger partial charge < -0.3 is 11.1 Å². The zero-order valence-electron chi connectivity index (χ0n) is 14.3. The van der Waals surface area contributed by atoms with Crippen molar-refractivity contribution >= 4 is 30.7 Å². The van der Waals surface area contributed by atoms with E-state index in [2.05, 4.69) is 10.3 Å². The normalized spacial score (nSPS) is 18.8. The van der Waals surface area contributed by atoms with Crippen molar-refractivity contribution in [2.24, 2.45) is 11.7 Å². The summed E-state index contributed by atoms with van der Waals surface area (Å²) >= 11 is 0. The number of hydrogen-bond acceptors (Lipinski definition) is 3. The number of carbonyl (C=O) groups is 1. The first kappa shape index (κ1) is 21.4. The zero-order chi connectivity index (χ0) is 16.2. The summed E-state index contributed by atoms with van der Waals surface area (Å²) in [6, 6.07) is 14.0. The fraction of sp³-hybridized carbons (Fsp3) is 0.368. The Bertz CT molecular complexity index is 694. The van der Waals surface area contributed by atoms with Crippen molar-refractivity contribution < 1.29 is 4.79 Å². The Morgan fingerprint density at radius 3 is 2.52 bits per heavy atom. The average Bonchev–Trinajstić information content (AvgIpc) is 3.02. The van der Waals surface area contributed by atoms with Gasteiger partial charge in [0.1, 0.15) is 0 Å². The third kappa shape index (κ3) is 4.94. The predicted octanol–water partition coefficient (Wildman–Crippen LogP) is 3.76. The van der Waals surface area contributed by atoms with Gasteiger partial charge in [0, 0.05) is 11.6 Å². The second-order valence-electron chi connectivity index (χ2n) is 6.20. The lowest BCUT2D eigenvalue weighted by molar-refractivity contribution is 0.0928. The Balaban J connectivity index is 0.00000156. The molecule has 1 aliphatic carbocycles. The van der Waals surface area contributed by atoms with Crippen LogP contribution in [0.4, 0.5) is 0 Å². The number of pyridine rings is 1. The lowest BCUT2D eigenvalue weighted by atomic mass is 10.0. The summed E-state index contributed by atoms with van der Waals surface area (Å²) in [6.45, 7) is 2.52. The molecule has 3 N–H and O–H groups in total. The highest BCUT2D eigenvalue weighted by Crippen LogP contribution is 2.25. The van der Waals surface area contributed by atoms with Gasteiger partial charge in [0.15, 0.2) is 0 Å². The summed E-state index contributed by atoms with van der Waals surface area (Å²) in [4.78, 5) is 17.1. The van der Waals surface area contributed by atoms with E-state index in [1.807, 2.05) is 49.4 Å². The largest absolute Gasteiger partial charge is 0.349 e. The number of nitrogens with one attached hydrogen (secondary N) is 1. The smallest absolute Gasteiger partial charge is 0.253 e. The molecule has 1 heterocycles. The third-order valence-electron chi connectivity index (χ3n) is 4.68. The summed E-state index contributed by atoms with van der Waals surface area (Å²) in [5.74, 6) is 0.357. The fourth-order valence-corrected chi connectivity index (χ4v) is 3.33. The predicted molar refractivity (Wildman–Crippen MR) is 107 cm³/mol. The SMILES string of the molecule is Cc1nc(-c2ccccc2)ccc1C(=O)NC1CCCC1CN.Cl.Cl. The van der Waals surface area contributed by atoms with E-state index < -0.39 is 0 Å². The van der Waals surface area contributed by atoms with E-state index in [4.69, 9.17) is 5.73 Å². The van der Waals surface area contributed by atoms with Crippen molar-refractivity contribution in [3.63, 3.8) is 0 Å². The van der Waals surface area contributed by atoms with Crippen molar-refractivity contribution in [3.8, 4) is 11.3 Å². The Morgan fingerprint density at radius 2 is 1.88 bits per heavy atom. The molecule has 2 unspecified atom stereocenters. The number of benzene rings is 1. The van der Waals surface area contributed by atoms with E-state index >= 15 is 0 Å². The Labute approximate surface area is 161 Å². The minimum Gasteiger partial charge on any atom is -0.349 e. The van der Waals surface area contributed by atoms with Crippen LogP contribution in [0.15, 0.2) is 42.5 Å². The lowest BCUT2D eigenvalue weighted by Crippen LogP contribution is -2.40. The molecule has 1 aromatic carbocycles. The number of aryl methyl sites for hydroxylation is 1. The van der Waals surface area contributed by atoms with Gasteiger partial charge in [0.05, 0.1) is 17.0 Å². The standard InChI is InChI=1S/C19H23N3O.2ClH/c1-13-16(19(23)22-17-9-5-8-15(17)12-20)10-11-18(21-13)14-6-3-2-4-7-14;;/h2-4,6-7,10-11,15,17H,5,8-9,12,20H2,1H3,(H,22,23);2*1H. The summed E-state index contributed by atoms with van der Waals surface area (Å²) in [6.07, 6.45) is 3.25. The van der Waals surface area contributed by atoms with Crippen molar-refractivity contribution in [2.75, 3.05) is 6.54 Å². The van der Waals surface area contributed by atoms with E-state index in [0.717, 1.165) is 36.2 Å². The quantitative estimate of drug-likeness (QED) is 0.846. The van der Waals surface area contributed by atoms with Gasteiger partial charge in [-0.1, -0.05) is 36.8 Å². The number of amides is 1. The first-order valence-electron chi connectivity index (χ1n) is 8.23. The van der Waals surface area contributed by atoms with Gasteiger partial charge in [0.25, 0.3) is 5.91 Å². The minimum absolute atomic E-state index is 0. The van der Waals surface area contributed by atoms with Gasteiger partial charge in [-0.2, -0.15) is 0 Å². The Kier molecular flexibility index (Phi) is 8.36. The first-order chi connectivity index (χ1) is 11.2. The molecule has 0 aliphatic heterocycles. The van der Waals surface area contributed by atoms with E-state index in [1.165, 1.54) is 0 Å². The molecule has 1 saturated carbocycles. The molecule has 2 aromatic rings. The zero-order valence-corrected chi connectivity index (χ0v) is 15.9. The van der Waals surface area contributed by atoms with Crippen LogP contribution in [-0.4, -0.2) is 23.5 Å². The molecule has 6 heteroatoms. The van der Waals surface area contributed by atoms with Gasteiger partial charge in [-0.25, -0.2) is 0 Å². The van der Waals surface area contributed by atoms with Crippen LogP contribution in [0.3, 0.4) is 0 Å². The number of halogens is 2. The van der Waals surface area contributed by atoms with E-state index in [-0.39, 0.29) is 36.8 Å². The number of hydrogen-bond donors (Lipinski definition) is 2. The maximum Gasteiger partial charge on any atom is 0.253 e. The molecule has 0 radical (unpaired) electrons. The van der Waals surface area contributed by atoms with E-state index in [9.17, 15) is 4.79 Å². The maximum absolute atomic E-state index is 12.5. The van der Waals surface area contributed by atoms with Crippen LogP contribution >= 0.6 is 24.8 Å². The van der Waals surface area contributed by atoms with Crippen molar-refractivity contribution in [3.05, 3.63) is 53.7 Å². The molecule has 136 valence electrons. The van der Waals surface area contributed by atoms with Crippen LogP contribution in [-0.2, 0) is 0 Å². The van der Waals surface area contributed by atoms with Crippen LogP contribution in [0, 0.1) is 12.8 Å². The number of rotatable bonds is 4. The van der Waals surface area contributed by atoms with E-state index in [0.29, 0.717) is 18.0 Å². The highest BCUT2D eigenvalue weighted by Gasteiger charge is 2.28. The van der Waals surface area contributed by atoms with Crippen LogP contribution in [0.5, 0.6) is 0 Å². The topological polar surface area (TPSA) is 68.0 Å². The van der Waals surface area contributed by atoms with Crippen LogP contribution in [0.25, 0.3) is 11.3 Å². The molecule has 3 rings (SSSR count). The van der Waals surface area contributed by atoms with Crippen molar-refractivity contribution in [1.29, 1.82) is 0 Å². The number of nitrogens with two attached hydrogens (primary N) is 1. The van der Waals surface area contributed by atoms with Crippen LogP contribution < -0.4 is 11.1 Å². The maximum atomic E-state index is 12.5. The highest BCUT2D eigenvalue weighted by atomic mass is 35.5. The summed E-state index contributed by atoms with van der Waals surface area (Å²) in [5, 5.41) is 3.14. The Morgan fingerprint density at radius 1 is 1.16 bits per heavy atom. The molecule has 2 atom stereocenters. The average molecular weight is 382 g/mol. The second-order valence-corrected chi connectivity index (χ2v) is 6.20. The number of aromatic nitrogens is 1. The van der Waals surface area contributed by atoms with Gasteiger partial charge in [-0.05, 0) is 44.4 Å². The summed E-state index contributed by atoms with van der Waals surface area (Å²) in [5.41, 5.74) is 9.14. The summed E-state index contributed by atoms with van der Waals surface area (Å²) < 4.78 is 0. The molecule has 1 aromatic heterocycles. The molecular formula is C19H25Cl2N3O. The molecule has 1 aliphatic rings. The van der Waals surface area contributed by atoms with Crippen LogP contribution in [0.2, 0.25) is 0 Å². The summed E-state index contributed by atoms with van der Waals surface area (Å²) in [7, 11) is 0. The van der Waals surface area contributed by atoms with Crippen molar-refractivity contribution in [2.45, 2.75) is 32.2 Å². The molecule has 1 amide bonds.